The molecule has 0 aromatic heterocycles. The number of unbranched alkanes of at least 4 members (excludes halogenated alkanes) is 34. The van der Waals surface area contributed by atoms with Crippen molar-refractivity contribution in [3.8, 4) is 0 Å². The van der Waals surface area contributed by atoms with Gasteiger partial charge in [-0.25, -0.2) is 0 Å². The number of esters is 1. The molecule has 1 fully saturated rings. The van der Waals surface area contributed by atoms with Gasteiger partial charge in [-0.3, -0.25) is 9.59 Å². The van der Waals surface area contributed by atoms with E-state index < -0.39 is 67.4 Å². The van der Waals surface area contributed by atoms with Crippen molar-refractivity contribution in [2.45, 2.75) is 359 Å². The maximum atomic E-state index is 13.5. The van der Waals surface area contributed by atoms with Gasteiger partial charge >= 0.3 is 5.97 Å². The molecule has 1 saturated heterocycles. The fourth-order valence-electron chi connectivity index (χ4n) is 10.7. The molecular formula is C74H131NO10. The fourth-order valence-corrected chi connectivity index (χ4v) is 10.7. The van der Waals surface area contributed by atoms with Crippen LogP contribution >= 0.6 is 0 Å². The summed E-state index contributed by atoms with van der Waals surface area (Å²) in [6, 6.07) is -1.03. The monoisotopic (exact) mass is 1190 g/mol. The first-order valence-corrected chi connectivity index (χ1v) is 35.4. The fraction of sp³-hybridized carbons (Fsp3) is 0.784. The highest BCUT2D eigenvalue weighted by Crippen LogP contribution is 2.26. The minimum Gasteiger partial charge on any atom is -0.454 e. The van der Waals surface area contributed by atoms with Gasteiger partial charge in [0.25, 0.3) is 0 Å². The third-order valence-corrected chi connectivity index (χ3v) is 16.3. The van der Waals surface area contributed by atoms with E-state index in [0.717, 1.165) is 89.9 Å². The Labute approximate surface area is 521 Å². The van der Waals surface area contributed by atoms with Crippen molar-refractivity contribution in [2.24, 2.45) is 0 Å². The van der Waals surface area contributed by atoms with Gasteiger partial charge in [0.2, 0.25) is 5.91 Å². The number of nitrogens with one attached hydrogen (secondary N) is 1. The molecule has 492 valence electrons. The van der Waals surface area contributed by atoms with E-state index in [0.29, 0.717) is 12.8 Å². The molecule has 0 saturated carbocycles. The molecule has 1 amide bonds. The second kappa shape index (κ2) is 61.1. The van der Waals surface area contributed by atoms with Crippen molar-refractivity contribution in [1.29, 1.82) is 0 Å². The average molecular weight is 1190 g/mol. The number of allylic oxidation sites excluding steroid dienone is 13. The van der Waals surface area contributed by atoms with Crippen molar-refractivity contribution in [2.75, 3.05) is 13.2 Å². The van der Waals surface area contributed by atoms with Gasteiger partial charge in [-0.15, -0.1) is 0 Å². The van der Waals surface area contributed by atoms with Crippen LogP contribution in [0.3, 0.4) is 0 Å². The molecule has 85 heavy (non-hydrogen) atoms. The summed E-state index contributed by atoms with van der Waals surface area (Å²) in [5.74, 6) is -1.22. The molecule has 0 spiro atoms. The Bertz CT molecular complexity index is 1710. The van der Waals surface area contributed by atoms with E-state index in [4.69, 9.17) is 14.2 Å². The van der Waals surface area contributed by atoms with E-state index in [1.165, 1.54) is 173 Å². The van der Waals surface area contributed by atoms with Gasteiger partial charge in [0.05, 0.1) is 25.4 Å². The normalized spacial score (nSPS) is 18.9. The number of ether oxygens (including phenoxy) is 3. The molecule has 0 bridgehead atoms. The molecule has 11 heteroatoms. The Hall–Kier alpha value is -3.16. The highest BCUT2D eigenvalue weighted by molar-refractivity contribution is 5.80. The van der Waals surface area contributed by atoms with Crippen molar-refractivity contribution in [3.05, 3.63) is 85.1 Å². The van der Waals surface area contributed by atoms with Crippen LogP contribution in [0.15, 0.2) is 85.1 Å². The third kappa shape index (κ3) is 48.4. The zero-order valence-electron chi connectivity index (χ0n) is 54.7. The molecule has 0 aromatic carbocycles. The second-order valence-electron chi connectivity index (χ2n) is 24.2. The van der Waals surface area contributed by atoms with Gasteiger partial charge in [-0.05, 0) is 96.3 Å². The summed E-state index contributed by atoms with van der Waals surface area (Å²) in [5, 5.41) is 57.2. The van der Waals surface area contributed by atoms with Gasteiger partial charge < -0.3 is 45.1 Å². The molecule has 8 unspecified atom stereocenters. The summed E-state index contributed by atoms with van der Waals surface area (Å²) < 4.78 is 17.6. The van der Waals surface area contributed by atoms with Crippen LogP contribution in [0, 0.1) is 0 Å². The summed E-state index contributed by atoms with van der Waals surface area (Å²) in [7, 11) is 0. The first-order valence-electron chi connectivity index (χ1n) is 35.4. The number of hydrogen-bond acceptors (Lipinski definition) is 10. The molecule has 11 nitrogen and oxygen atoms in total. The Kier molecular flexibility index (Phi) is 57.4. The predicted octanol–water partition coefficient (Wildman–Crippen LogP) is 18.1. The summed E-state index contributed by atoms with van der Waals surface area (Å²) in [6.07, 6.45) is 70.7. The molecule has 8 atom stereocenters. The molecule has 1 aliphatic rings. The first-order chi connectivity index (χ1) is 41.7. The topological polar surface area (TPSA) is 175 Å². The average Bonchev–Trinajstić information content (AvgIpc) is 2.90. The first kappa shape index (κ1) is 79.9. The number of carbonyl (C=O) groups is 2. The minimum absolute atomic E-state index is 0.0821. The zero-order valence-corrected chi connectivity index (χ0v) is 54.7. The lowest BCUT2D eigenvalue weighted by atomic mass is 9.99. The van der Waals surface area contributed by atoms with Crippen molar-refractivity contribution in [1.82, 2.24) is 5.32 Å². The minimum atomic E-state index is -1.63. The molecule has 0 aliphatic carbocycles. The van der Waals surface area contributed by atoms with Crippen LogP contribution in [0.25, 0.3) is 0 Å². The van der Waals surface area contributed by atoms with E-state index in [9.17, 15) is 35.1 Å². The Morgan fingerprint density at radius 1 is 0.471 bits per heavy atom. The van der Waals surface area contributed by atoms with Crippen LogP contribution in [0.1, 0.15) is 310 Å². The lowest BCUT2D eigenvalue weighted by Crippen LogP contribution is -2.61. The number of hydrogen-bond donors (Lipinski definition) is 6. The smallest absolute Gasteiger partial charge is 0.306 e. The Morgan fingerprint density at radius 2 is 0.847 bits per heavy atom. The maximum absolute atomic E-state index is 13.5. The summed E-state index contributed by atoms with van der Waals surface area (Å²) in [4.78, 5) is 26.6. The van der Waals surface area contributed by atoms with E-state index in [-0.39, 0.29) is 19.4 Å². The molecule has 0 radical (unpaired) electrons. The number of aliphatic hydroxyl groups excluding tert-OH is 5. The van der Waals surface area contributed by atoms with Crippen LogP contribution in [-0.4, -0.2) is 99.6 Å². The summed E-state index contributed by atoms with van der Waals surface area (Å²) in [5.41, 5.74) is 0. The lowest BCUT2D eigenvalue weighted by Gasteiger charge is -2.41. The van der Waals surface area contributed by atoms with Crippen LogP contribution in [-0.2, 0) is 23.8 Å². The van der Waals surface area contributed by atoms with Crippen LogP contribution < -0.4 is 5.32 Å². The third-order valence-electron chi connectivity index (χ3n) is 16.3. The highest BCUT2D eigenvalue weighted by atomic mass is 16.7. The molecular weight excluding hydrogens is 1060 g/mol. The molecule has 1 heterocycles. The van der Waals surface area contributed by atoms with E-state index >= 15 is 0 Å². The molecule has 0 aromatic rings. The highest BCUT2D eigenvalue weighted by Gasteiger charge is 2.47. The van der Waals surface area contributed by atoms with Crippen molar-refractivity contribution in [3.63, 3.8) is 0 Å². The second-order valence-corrected chi connectivity index (χ2v) is 24.2. The Morgan fingerprint density at radius 3 is 1.28 bits per heavy atom. The van der Waals surface area contributed by atoms with Crippen LogP contribution in [0.4, 0.5) is 0 Å². The predicted molar refractivity (Wildman–Crippen MR) is 356 cm³/mol. The van der Waals surface area contributed by atoms with E-state index in [1.807, 2.05) is 6.08 Å². The van der Waals surface area contributed by atoms with Gasteiger partial charge in [-0.1, -0.05) is 292 Å². The molecule has 1 aliphatic heterocycles. The van der Waals surface area contributed by atoms with Gasteiger partial charge in [0.1, 0.15) is 24.4 Å². The SMILES string of the molecule is CC/C=C\C/C=C\C/C=C\C/C=C\C/C=C\CCCCCC(=O)OC1C(OCC(NC(=O)C(O)CCCCCCCCCCCCCCCCCC/C=C/CCCCCCCC)C(O)/C=C/CCCCCCCCCCC)OC(CO)C(O)C1O. The maximum Gasteiger partial charge on any atom is 0.306 e. The number of rotatable bonds is 60. The lowest BCUT2D eigenvalue weighted by molar-refractivity contribution is -0.305. The largest absolute Gasteiger partial charge is 0.454 e. The molecule has 1 rings (SSSR count). The van der Waals surface area contributed by atoms with Crippen LogP contribution in [0.5, 0.6) is 0 Å². The van der Waals surface area contributed by atoms with E-state index in [1.54, 1.807) is 6.08 Å². The quantitative estimate of drug-likeness (QED) is 0.0195. The van der Waals surface area contributed by atoms with Crippen molar-refractivity contribution >= 4 is 11.9 Å². The van der Waals surface area contributed by atoms with Crippen LogP contribution in [0.2, 0.25) is 0 Å². The standard InChI is InChI=1S/C74H131NO10/c1-4-7-10-13-16-19-22-24-26-28-30-31-32-33-34-35-36-38-39-41-43-46-49-52-55-58-61-67(78)73(82)75-65(66(77)60-57-54-51-48-45-21-18-15-12-9-6-3)64-83-74-72(71(81)70(80)68(63-76)84-74)85-69(79)62-59-56-53-50-47-44-42-40-37-29-27-25-23-20-17-14-11-8-5-2/h8,11,17,20,24-27,37,40,44,47,57,60,65-68,70-72,74,76-78,80-81H,4-7,9-10,12-16,18-19,21-23,28-36,38-39,41-43,45-46,48-56,58-59,61-64H2,1-3H3,(H,75,82)/b11-8-,20-17-,26-24+,27-25-,40-37-,47-44-,60-57+. The number of amides is 1. The summed E-state index contributed by atoms with van der Waals surface area (Å²) in [6.45, 7) is 5.67. The zero-order chi connectivity index (χ0) is 61.7. The summed E-state index contributed by atoms with van der Waals surface area (Å²) >= 11 is 0. The van der Waals surface area contributed by atoms with Gasteiger partial charge in [0, 0.05) is 6.42 Å². The number of carbonyl (C=O) groups excluding carboxylic acids is 2. The molecule has 6 N–H and O–H groups in total. The van der Waals surface area contributed by atoms with Crippen molar-refractivity contribution < 1.29 is 49.3 Å². The number of aliphatic hydroxyl groups is 5. The Balaban J connectivity index is 2.56. The van der Waals surface area contributed by atoms with Gasteiger partial charge in [0.15, 0.2) is 12.4 Å². The van der Waals surface area contributed by atoms with E-state index in [2.05, 4.69) is 99.0 Å². The van der Waals surface area contributed by atoms with Gasteiger partial charge in [-0.2, -0.15) is 0 Å².